The molecule has 2 aliphatic rings. The van der Waals surface area contributed by atoms with Crippen LogP contribution < -0.4 is 4.90 Å². The van der Waals surface area contributed by atoms with Gasteiger partial charge in [-0.2, -0.15) is 0 Å². The molecule has 78 valence electrons. The number of hydrogen-bond donors (Lipinski definition) is 0. The number of fused-ring (bicyclic) bond motifs is 1. The second kappa shape index (κ2) is 3.09. The molecule has 1 aromatic rings. The molecule has 0 amide bonds. The van der Waals surface area contributed by atoms with E-state index < -0.39 is 0 Å². The van der Waals surface area contributed by atoms with E-state index in [1.54, 1.807) is 6.92 Å². The third kappa shape index (κ3) is 1.44. The highest BCUT2D eigenvalue weighted by atomic mass is 16.1. The quantitative estimate of drug-likeness (QED) is 0.684. The van der Waals surface area contributed by atoms with Gasteiger partial charge in [0.1, 0.15) is 0 Å². The Balaban J connectivity index is 1.93. The molecule has 1 aromatic carbocycles. The molecule has 2 unspecified atom stereocenters. The van der Waals surface area contributed by atoms with Crippen molar-refractivity contribution < 1.29 is 4.79 Å². The van der Waals surface area contributed by atoms with E-state index in [0.717, 1.165) is 36.2 Å². The van der Waals surface area contributed by atoms with E-state index in [-0.39, 0.29) is 5.78 Å². The Kier molecular flexibility index (Phi) is 1.84. The Morgan fingerprint density at radius 1 is 1.27 bits per heavy atom. The third-order valence-electron chi connectivity index (χ3n) is 3.60. The minimum absolute atomic E-state index is 0.172. The van der Waals surface area contributed by atoms with E-state index in [0.29, 0.717) is 0 Å². The number of benzene rings is 1. The molecule has 1 saturated carbocycles. The summed E-state index contributed by atoms with van der Waals surface area (Å²) in [6, 6.07) is 7.96. The van der Waals surface area contributed by atoms with Crippen molar-refractivity contribution in [3.63, 3.8) is 0 Å². The van der Waals surface area contributed by atoms with Gasteiger partial charge in [0.15, 0.2) is 5.78 Å². The van der Waals surface area contributed by atoms with Crippen molar-refractivity contribution in [3.8, 4) is 0 Å². The number of hydrogen-bond acceptors (Lipinski definition) is 2. The summed E-state index contributed by atoms with van der Waals surface area (Å²) in [5.41, 5.74) is 2.01. The topological polar surface area (TPSA) is 20.3 Å². The van der Waals surface area contributed by atoms with Crippen molar-refractivity contribution in [1.82, 2.24) is 0 Å². The molecule has 0 spiro atoms. The van der Waals surface area contributed by atoms with E-state index >= 15 is 0 Å². The zero-order valence-electron chi connectivity index (χ0n) is 8.94. The lowest BCUT2D eigenvalue weighted by molar-refractivity contribution is 0.101. The summed E-state index contributed by atoms with van der Waals surface area (Å²) in [4.78, 5) is 13.9. The molecule has 0 aromatic heterocycles. The van der Waals surface area contributed by atoms with Crippen molar-refractivity contribution in [1.29, 1.82) is 0 Å². The van der Waals surface area contributed by atoms with Gasteiger partial charge in [-0.25, -0.2) is 0 Å². The molecular formula is C13H15NO. The summed E-state index contributed by atoms with van der Waals surface area (Å²) in [5, 5.41) is 0. The third-order valence-corrected chi connectivity index (χ3v) is 3.60. The highest BCUT2D eigenvalue weighted by Crippen LogP contribution is 2.46. The molecule has 15 heavy (non-hydrogen) atoms. The lowest BCUT2D eigenvalue weighted by Gasteiger charge is -2.22. The van der Waals surface area contributed by atoms with Gasteiger partial charge in [0.2, 0.25) is 0 Å². The summed E-state index contributed by atoms with van der Waals surface area (Å²) >= 11 is 0. The summed E-state index contributed by atoms with van der Waals surface area (Å²) < 4.78 is 0. The van der Waals surface area contributed by atoms with Gasteiger partial charge in [0.25, 0.3) is 0 Å². The maximum Gasteiger partial charge on any atom is 0.161 e. The fourth-order valence-electron chi connectivity index (χ4n) is 2.64. The van der Waals surface area contributed by atoms with Crippen LogP contribution >= 0.6 is 0 Å². The van der Waals surface area contributed by atoms with Crippen molar-refractivity contribution >= 4 is 11.5 Å². The Hall–Kier alpha value is -1.31. The lowest BCUT2D eigenvalue weighted by Crippen LogP contribution is -2.23. The van der Waals surface area contributed by atoms with Crippen LogP contribution in [0.3, 0.4) is 0 Å². The smallest absolute Gasteiger partial charge is 0.161 e. The molecule has 2 fully saturated rings. The molecular weight excluding hydrogens is 186 g/mol. The first-order valence-electron chi connectivity index (χ1n) is 5.60. The molecule has 0 radical (unpaired) electrons. The number of ketones is 1. The Bertz CT molecular complexity index is 403. The highest BCUT2D eigenvalue weighted by molar-refractivity contribution is 5.99. The number of carbonyl (C=O) groups is 1. The van der Waals surface area contributed by atoms with E-state index in [4.69, 9.17) is 0 Å². The number of piperidine rings is 1. The van der Waals surface area contributed by atoms with Gasteiger partial charge < -0.3 is 4.90 Å². The molecule has 1 saturated heterocycles. The number of nitrogens with zero attached hydrogens (tertiary/aromatic N) is 1. The average molecular weight is 201 g/mol. The fraction of sp³-hybridized carbons (Fsp3) is 0.462. The van der Waals surface area contributed by atoms with E-state index in [1.165, 1.54) is 6.42 Å². The van der Waals surface area contributed by atoms with E-state index in [2.05, 4.69) is 11.0 Å². The first-order chi connectivity index (χ1) is 7.25. The molecule has 2 nitrogen and oxygen atoms in total. The minimum Gasteiger partial charge on any atom is -0.370 e. The zero-order chi connectivity index (χ0) is 10.4. The second-order valence-corrected chi connectivity index (χ2v) is 4.73. The van der Waals surface area contributed by atoms with Gasteiger partial charge in [-0.3, -0.25) is 4.79 Å². The molecule has 1 heterocycles. The molecule has 2 heteroatoms. The fourth-order valence-corrected chi connectivity index (χ4v) is 2.64. The van der Waals surface area contributed by atoms with Crippen molar-refractivity contribution in [3.05, 3.63) is 29.8 Å². The summed E-state index contributed by atoms with van der Waals surface area (Å²) in [5.74, 6) is 1.99. The predicted octanol–water partition coefficient (Wildman–Crippen LogP) is 2.35. The van der Waals surface area contributed by atoms with Crippen LogP contribution in [0.2, 0.25) is 0 Å². The molecule has 2 atom stereocenters. The number of Topliss-reactive ketones (excluding diaryl/α,β-unsaturated/α-hetero) is 1. The lowest BCUT2D eigenvalue weighted by atomic mass is 10.1. The number of carbonyl (C=O) groups excluding carboxylic acids is 1. The zero-order valence-corrected chi connectivity index (χ0v) is 8.94. The highest BCUT2D eigenvalue weighted by Gasteiger charge is 2.45. The molecule has 3 rings (SSSR count). The number of anilines is 1. The van der Waals surface area contributed by atoms with Crippen LogP contribution in [0.25, 0.3) is 0 Å². The monoisotopic (exact) mass is 201 g/mol. The molecule has 1 aliphatic carbocycles. The maximum absolute atomic E-state index is 11.5. The minimum atomic E-state index is 0.172. The van der Waals surface area contributed by atoms with Crippen LogP contribution in [0.5, 0.6) is 0 Å². The predicted molar refractivity (Wildman–Crippen MR) is 60.3 cm³/mol. The molecule has 1 aliphatic heterocycles. The van der Waals surface area contributed by atoms with Gasteiger partial charge in [-0.05, 0) is 37.3 Å². The largest absolute Gasteiger partial charge is 0.370 e. The Morgan fingerprint density at radius 2 is 1.93 bits per heavy atom. The van der Waals surface area contributed by atoms with Gasteiger partial charge in [0.05, 0.1) is 0 Å². The van der Waals surface area contributed by atoms with Gasteiger partial charge in [-0.1, -0.05) is 12.1 Å². The van der Waals surface area contributed by atoms with Crippen LogP contribution in [0.4, 0.5) is 5.69 Å². The van der Waals surface area contributed by atoms with E-state index in [1.807, 2.05) is 18.2 Å². The average Bonchev–Trinajstić information content (AvgIpc) is 2.86. The van der Waals surface area contributed by atoms with Crippen LogP contribution in [0.15, 0.2) is 24.3 Å². The SMILES string of the molecule is CC(=O)c1ccccc1N1CC2CC2C1. The standard InChI is InChI=1S/C13H15NO/c1-9(15)12-4-2-3-5-13(12)14-7-10-6-11(10)8-14/h2-5,10-11H,6-8H2,1H3. The van der Waals surface area contributed by atoms with Crippen molar-refractivity contribution in [2.24, 2.45) is 11.8 Å². The van der Waals surface area contributed by atoms with Crippen LogP contribution in [0, 0.1) is 11.8 Å². The number of rotatable bonds is 2. The summed E-state index contributed by atoms with van der Waals surface area (Å²) in [6.45, 7) is 3.94. The summed E-state index contributed by atoms with van der Waals surface area (Å²) in [7, 11) is 0. The first kappa shape index (κ1) is 8.96. The van der Waals surface area contributed by atoms with E-state index in [9.17, 15) is 4.79 Å². The number of para-hydroxylation sites is 1. The maximum atomic E-state index is 11.5. The summed E-state index contributed by atoms with van der Waals surface area (Å²) in [6.07, 6.45) is 1.40. The Morgan fingerprint density at radius 3 is 2.60 bits per heavy atom. The van der Waals surface area contributed by atoms with Gasteiger partial charge in [-0.15, -0.1) is 0 Å². The van der Waals surface area contributed by atoms with Crippen molar-refractivity contribution in [2.75, 3.05) is 18.0 Å². The van der Waals surface area contributed by atoms with Crippen molar-refractivity contribution in [2.45, 2.75) is 13.3 Å². The van der Waals surface area contributed by atoms with Gasteiger partial charge in [0, 0.05) is 24.3 Å². The van der Waals surface area contributed by atoms with Crippen LogP contribution in [-0.4, -0.2) is 18.9 Å². The normalized spacial score (nSPS) is 27.7. The van der Waals surface area contributed by atoms with Crippen LogP contribution in [0.1, 0.15) is 23.7 Å². The Labute approximate surface area is 89.9 Å². The molecule has 0 bridgehead atoms. The van der Waals surface area contributed by atoms with Gasteiger partial charge >= 0.3 is 0 Å². The van der Waals surface area contributed by atoms with Crippen LogP contribution in [-0.2, 0) is 0 Å². The second-order valence-electron chi connectivity index (χ2n) is 4.73. The first-order valence-corrected chi connectivity index (χ1v) is 5.60. The molecule has 0 N–H and O–H groups in total.